The highest BCUT2D eigenvalue weighted by Gasteiger charge is 2.12. The second kappa shape index (κ2) is 5.53. The monoisotopic (exact) mass is 191 g/mol. The zero-order valence-corrected chi connectivity index (χ0v) is 8.81. The molecule has 1 unspecified atom stereocenters. The van der Waals surface area contributed by atoms with Crippen molar-refractivity contribution in [3.8, 4) is 0 Å². The van der Waals surface area contributed by atoms with Gasteiger partial charge in [-0.05, 0) is 36.0 Å². The van der Waals surface area contributed by atoms with E-state index in [4.69, 9.17) is 0 Å². The third kappa shape index (κ3) is 3.29. The van der Waals surface area contributed by atoms with Gasteiger partial charge < -0.3 is 4.79 Å². The number of rotatable bonds is 5. The van der Waals surface area contributed by atoms with Crippen molar-refractivity contribution in [1.82, 2.24) is 4.98 Å². The molecule has 0 N–H and O–H groups in total. The molecule has 2 heteroatoms. The zero-order chi connectivity index (χ0) is 10.4. The highest BCUT2D eigenvalue weighted by atomic mass is 16.1. The normalized spacial score (nSPS) is 12.8. The van der Waals surface area contributed by atoms with E-state index in [9.17, 15) is 4.79 Å². The lowest BCUT2D eigenvalue weighted by Crippen LogP contribution is -2.03. The van der Waals surface area contributed by atoms with E-state index >= 15 is 0 Å². The lowest BCUT2D eigenvalue weighted by atomic mass is 9.89. The van der Waals surface area contributed by atoms with Crippen LogP contribution in [0.25, 0.3) is 0 Å². The van der Waals surface area contributed by atoms with Crippen LogP contribution in [0.2, 0.25) is 0 Å². The molecule has 0 aromatic carbocycles. The fraction of sp³-hybridized carbons (Fsp3) is 0.500. The molecule has 76 valence electrons. The number of pyridine rings is 1. The van der Waals surface area contributed by atoms with E-state index in [1.165, 1.54) is 5.56 Å². The number of carbonyl (C=O) groups is 1. The maximum Gasteiger partial charge on any atom is 0.120 e. The summed E-state index contributed by atoms with van der Waals surface area (Å²) in [5.74, 6) is 0.976. The lowest BCUT2D eigenvalue weighted by molar-refractivity contribution is -0.108. The van der Waals surface area contributed by atoms with Crippen LogP contribution in [0.3, 0.4) is 0 Å². The van der Waals surface area contributed by atoms with Crippen molar-refractivity contribution in [2.24, 2.45) is 5.92 Å². The summed E-state index contributed by atoms with van der Waals surface area (Å²) in [6.07, 6.45) is 6.25. The molecule has 2 nitrogen and oxygen atoms in total. The number of aromatic nitrogens is 1. The second-order valence-electron chi connectivity index (χ2n) is 4.01. The fourth-order valence-electron chi connectivity index (χ4n) is 1.69. The van der Waals surface area contributed by atoms with Gasteiger partial charge in [-0.25, -0.2) is 0 Å². The van der Waals surface area contributed by atoms with Gasteiger partial charge in [0.25, 0.3) is 0 Å². The average Bonchev–Trinajstić information content (AvgIpc) is 2.18. The summed E-state index contributed by atoms with van der Waals surface area (Å²) >= 11 is 0. The Morgan fingerprint density at radius 1 is 1.36 bits per heavy atom. The molecule has 0 fully saturated rings. The molecular weight excluding hydrogens is 174 g/mol. The van der Waals surface area contributed by atoms with E-state index in [2.05, 4.69) is 18.8 Å². The number of aldehydes is 1. The Hall–Kier alpha value is -1.18. The molecule has 0 spiro atoms. The number of hydrogen-bond donors (Lipinski definition) is 0. The Kier molecular flexibility index (Phi) is 4.30. The van der Waals surface area contributed by atoms with Gasteiger partial charge in [0.05, 0.1) is 0 Å². The van der Waals surface area contributed by atoms with Gasteiger partial charge in [-0.15, -0.1) is 0 Å². The van der Waals surface area contributed by atoms with Gasteiger partial charge in [-0.3, -0.25) is 4.98 Å². The summed E-state index contributed by atoms with van der Waals surface area (Å²) in [7, 11) is 0. The van der Waals surface area contributed by atoms with Crippen molar-refractivity contribution in [2.45, 2.75) is 32.6 Å². The lowest BCUT2D eigenvalue weighted by Gasteiger charge is -2.16. The molecular formula is C12H17NO. The predicted molar refractivity (Wildman–Crippen MR) is 57.1 cm³/mol. The van der Waals surface area contributed by atoms with Gasteiger partial charge in [0.2, 0.25) is 0 Å². The number of carbonyl (C=O) groups excluding carboxylic acids is 1. The van der Waals surface area contributed by atoms with E-state index in [1.807, 2.05) is 12.1 Å². The van der Waals surface area contributed by atoms with Crippen molar-refractivity contribution >= 4 is 6.29 Å². The molecule has 0 radical (unpaired) electrons. The molecule has 0 saturated carbocycles. The first-order chi connectivity index (χ1) is 6.74. The van der Waals surface area contributed by atoms with Crippen molar-refractivity contribution in [3.05, 3.63) is 30.1 Å². The molecule has 1 rings (SSSR count). The molecule has 0 aliphatic rings. The standard InChI is InChI=1S/C12H17NO/c1-10(2)9-12(5-8-14)11-3-6-13-7-4-11/h3-4,6-8,10,12H,5,9H2,1-2H3. The molecule has 1 heterocycles. The minimum atomic E-state index is 0.357. The summed E-state index contributed by atoms with van der Waals surface area (Å²) in [5, 5.41) is 0. The molecule has 0 aliphatic heterocycles. The fourth-order valence-corrected chi connectivity index (χ4v) is 1.69. The molecule has 1 aromatic rings. The third-order valence-corrected chi connectivity index (χ3v) is 2.31. The van der Waals surface area contributed by atoms with Crippen LogP contribution < -0.4 is 0 Å². The summed E-state index contributed by atoms with van der Waals surface area (Å²) < 4.78 is 0. The number of nitrogens with zero attached hydrogens (tertiary/aromatic N) is 1. The molecule has 1 atom stereocenters. The summed E-state index contributed by atoms with van der Waals surface area (Å²) in [6, 6.07) is 3.99. The Balaban J connectivity index is 2.72. The Labute approximate surface area is 85.4 Å². The minimum Gasteiger partial charge on any atom is -0.303 e. The minimum absolute atomic E-state index is 0.357. The molecule has 0 aliphatic carbocycles. The van der Waals surface area contributed by atoms with Gasteiger partial charge in [0, 0.05) is 18.8 Å². The Morgan fingerprint density at radius 3 is 2.50 bits per heavy atom. The van der Waals surface area contributed by atoms with Crippen LogP contribution in [-0.4, -0.2) is 11.3 Å². The predicted octanol–water partition coefficient (Wildman–Crippen LogP) is 2.80. The molecule has 1 aromatic heterocycles. The highest BCUT2D eigenvalue weighted by molar-refractivity contribution is 5.51. The largest absolute Gasteiger partial charge is 0.303 e. The molecule has 0 amide bonds. The molecule has 0 saturated heterocycles. The van der Waals surface area contributed by atoms with E-state index in [0.29, 0.717) is 18.3 Å². The summed E-state index contributed by atoms with van der Waals surface area (Å²) in [4.78, 5) is 14.5. The maximum atomic E-state index is 10.6. The van der Waals surface area contributed by atoms with Crippen LogP contribution in [0.15, 0.2) is 24.5 Å². The van der Waals surface area contributed by atoms with Crippen molar-refractivity contribution in [3.63, 3.8) is 0 Å². The zero-order valence-electron chi connectivity index (χ0n) is 8.81. The van der Waals surface area contributed by atoms with Gasteiger partial charge in [-0.1, -0.05) is 13.8 Å². The first-order valence-corrected chi connectivity index (χ1v) is 5.07. The topological polar surface area (TPSA) is 30.0 Å². The van der Waals surface area contributed by atoms with E-state index in [-0.39, 0.29) is 0 Å². The number of hydrogen-bond acceptors (Lipinski definition) is 2. The van der Waals surface area contributed by atoms with Gasteiger partial charge >= 0.3 is 0 Å². The van der Waals surface area contributed by atoms with Gasteiger partial charge in [0.15, 0.2) is 0 Å². The van der Waals surface area contributed by atoms with E-state index in [0.717, 1.165) is 12.7 Å². The Morgan fingerprint density at radius 2 is 2.00 bits per heavy atom. The van der Waals surface area contributed by atoms with Crippen molar-refractivity contribution < 1.29 is 4.79 Å². The highest BCUT2D eigenvalue weighted by Crippen LogP contribution is 2.25. The van der Waals surface area contributed by atoms with Crippen LogP contribution in [0.5, 0.6) is 0 Å². The second-order valence-corrected chi connectivity index (χ2v) is 4.01. The van der Waals surface area contributed by atoms with Crippen LogP contribution in [0.1, 0.15) is 38.2 Å². The average molecular weight is 191 g/mol. The summed E-state index contributed by atoms with van der Waals surface area (Å²) in [6.45, 7) is 4.36. The molecule has 0 bridgehead atoms. The van der Waals surface area contributed by atoms with Gasteiger partial charge in [0.1, 0.15) is 6.29 Å². The van der Waals surface area contributed by atoms with E-state index in [1.54, 1.807) is 12.4 Å². The van der Waals surface area contributed by atoms with Gasteiger partial charge in [-0.2, -0.15) is 0 Å². The van der Waals surface area contributed by atoms with Crippen molar-refractivity contribution in [2.75, 3.05) is 0 Å². The SMILES string of the molecule is CC(C)CC(CC=O)c1ccncc1. The smallest absolute Gasteiger partial charge is 0.120 e. The van der Waals surface area contributed by atoms with Crippen LogP contribution in [-0.2, 0) is 4.79 Å². The van der Waals surface area contributed by atoms with E-state index < -0.39 is 0 Å². The van der Waals surface area contributed by atoms with Crippen LogP contribution in [0.4, 0.5) is 0 Å². The first-order valence-electron chi connectivity index (χ1n) is 5.07. The first kappa shape index (κ1) is 10.9. The van der Waals surface area contributed by atoms with Crippen LogP contribution in [0, 0.1) is 5.92 Å². The third-order valence-electron chi connectivity index (χ3n) is 2.31. The maximum absolute atomic E-state index is 10.6. The quantitative estimate of drug-likeness (QED) is 0.670. The Bertz CT molecular complexity index is 269. The van der Waals surface area contributed by atoms with Crippen LogP contribution >= 0.6 is 0 Å². The summed E-state index contributed by atoms with van der Waals surface area (Å²) in [5.41, 5.74) is 1.22. The van der Waals surface area contributed by atoms with Crippen molar-refractivity contribution in [1.29, 1.82) is 0 Å². The molecule has 14 heavy (non-hydrogen) atoms.